The number of carbonyl (C=O) groups is 2. The number of hydrogen-bond donors (Lipinski definition) is 2. The third-order valence-corrected chi connectivity index (χ3v) is 3.01. The normalized spacial score (nSPS) is 10.1. The van der Waals surface area contributed by atoms with Gasteiger partial charge in [-0.3, -0.25) is 4.79 Å². The monoisotopic (exact) mass is 264 g/mol. The highest BCUT2D eigenvalue weighted by molar-refractivity contribution is 7.12. The Kier molecular flexibility index (Phi) is 3.28. The summed E-state index contributed by atoms with van der Waals surface area (Å²) >= 11 is 1.17. The maximum atomic E-state index is 11.9. The molecule has 0 aliphatic carbocycles. The minimum Gasteiger partial charge on any atom is -0.476 e. The van der Waals surface area contributed by atoms with Crippen LogP contribution in [0.15, 0.2) is 17.9 Å². The predicted molar refractivity (Wildman–Crippen MR) is 63.8 cm³/mol. The first-order valence-corrected chi connectivity index (χ1v) is 5.73. The van der Waals surface area contributed by atoms with Gasteiger partial charge in [-0.1, -0.05) is 0 Å². The molecule has 0 radical (unpaired) electrons. The van der Waals surface area contributed by atoms with Crippen LogP contribution in [0.3, 0.4) is 0 Å². The highest BCUT2D eigenvalue weighted by atomic mass is 32.1. The van der Waals surface area contributed by atoms with E-state index in [4.69, 9.17) is 5.11 Å². The van der Waals surface area contributed by atoms with E-state index in [2.05, 4.69) is 20.3 Å². The van der Waals surface area contributed by atoms with Gasteiger partial charge in [0, 0.05) is 12.4 Å². The van der Waals surface area contributed by atoms with Crippen molar-refractivity contribution in [2.45, 2.75) is 6.92 Å². The van der Waals surface area contributed by atoms with E-state index < -0.39 is 11.9 Å². The van der Waals surface area contributed by atoms with Crippen LogP contribution in [-0.4, -0.2) is 31.9 Å². The lowest BCUT2D eigenvalue weighted by Gasteiger charge is -2.05. The Bertz CT molecular complexity index is 611. The number of nitrogens with zero attached hydrogens (tertiary/aromatic N) is 3. The summed E-state index contributed by atoms with van der Waals surface area (Å²) in [5.74, 6) is -1.78. The number of thiazole rings is 1. The van der Waals surface area contributed by atoms with E-state index in [-0.39, 0.29) is 11.5 Å². The molecule has 7 nitrogen and oxygen atoms in total. The van der Waals surface area contributed by atoms with E-state index in [0.29, 0.717) is 10.6 Å². The van der Waals surface area contributed by atoms with E-state index in [1.54, 1.807) is 12.4 Å². The van der Waals surface area contributed by atoms with Gasteiger partial charge in [0.15, 0.2) is 11.5 Å². The van der Waals surface area contributed by atoms with Gasteiger partial charge < -0.3 is 10.4 Å². The summed E-state index contributed by atoms with van der Waals surface area (Å²) in [5, 5.41) is 11.3. The molecule has 2 heterocycles. The molecule has 2 rings (SSSR count). The number of aryl methyl sites for hydroxylation is 1. The van der Waals surface area contributed by atoms with Gasteiger partial charge in [0.1, 0.15) is 4.88 Å². The fourth-order valence-electron chi connectivity index (χ4n) is 1.27. The molecule has 0 aliphatic rings. The largest absolute Gasteiger partial charge is 0.476 e. The minimum absolute atomic E-state index is 0.0807. The molecule has 0 saturated carbocycles. The summed E-state index contributed by atoms with van der Waals surface area (Å²) in [6.45, 7) is 1.69. The van der Waals surface area contributed by atoms with Gasteiger partial charge in [0.2, 0.25) is 0 Å². The summed E-state index contributed by atoms with van der Waals surface area (Å²) in [4.78, 5) is 34.6. The Balaban J connectivity index is 2.28. The molecule has 2 N–H and O–H groups in total. The topological polar surface area (TPSA) is 105 Å². The second kappa shape index (κ2) is 4.88. The number of carboxylic acid groups (broad SMARTS) is 1. The van der Waals surface area contributed by atoms with E-state index in [9.17, 15) is 9.59 Å². The first-order chi connectivity index (χ1) is 8.59. The van der Waals surface area contributed by atoms with Gasteiger partial charge in [-0.15, -0.1) is 11.3 Å². The number of carbonyl (C=O) groups excluding carboxylic acids is 1. The molecule has 1 amide bonds. The maximum absolute atomic E-state index is 11.9. The lowest BCUT2D eigenvalue weighted by atomic mass is 10.3. The van der Waals surface area contributed by atoms with E-state index in [1.165, 1.54) is 23.7 Å². The third-order valence-electron chi connectivity index (χ3n) is 2.08. The average molecular weight is 264 g/mol. The van der Waals surface area contributed by atoms with Crippen molar-refractivity contribution in [2.24, 2.45) is 0 Å². The van der Waals surface area contributed by atoms with Crippen LogP contribution in [0.1, 0.15) is 25.9 Å². The minimum atomic E-state index is -1.25. The molecule has 2 aromatic rings. The van der Waals surface area contributed by atoms with Crippen LogP contribution in [0.4, 0.5) is 5.82 Å². The van der Waals surface area contributed by atoms with E-state index in [1.807, 2.05) is 0 Å². The first-order valence-electron chi connectivity index (χ1n) is 4.85. The zero-order chi connectivity index (χ0) is 13.1. The Labute approximate surface area is 106 Å². The number of rotatable bonds is 3. The molecule has 92 valence electrons. The number of nitrogens with one attached hydrogen (secondary N) is 1. The van der Waals surface area contributed by atoms with Crippen molar-refractivity contribution in [2.75, 3.05) is 5.32 Å². The summed E-state index contributed by atoms with van der Waals surface area (Å²) in [6.07, 6.45) is 2.55. The number of carboxylic acids is 1. The third kappa shape index (κ3) is 2.33. The van der Waals surface area contributed by atoms with Gasteiger partial charge in [-0.25, -0.2) is 19.7 Å². The van der Waals surface area contributed by atoms with Crippen LogP contribution in [0.2, 0.25) is 0 Å². The number of hydrogen-bond acceptors (Lipinski definition) is 6. The maximum Gasteiger partial charge on any atom is 0.358 e. The van der Waals surface area contributed by atoms with Crippen LogP contribution in [-0.2, 0) is 0 Å². The molecule has 0 fully saturated rings. The lowest BCUT2D eigenvalue weighted by molar-refractivity contribution is 0.0691. The highest BCUT2D eigenvalue weighted by Gasteiger charge is 2.18. The molecule has 0 saturated heterocycles. The van der Waals surface area contributed by atoms with E-state index >= 15 is 0 Å². The van der Waals surface area contributed by atoms with Crippen molar-refractivity contribution in [1.29, 1.82) is 0 Å². The zero-order valence-corrected chi connectivity index (χ0v) is 10.1. The first kappa shape index (κ1) is 12.1. The summed E-state index contributed by atoms with van der Waals surface area (Å²) in [7, 11) is 0. The molecular weight excluding hydrogens is 256 g/mol. The van der Waals surface area contributed by atoms with Crippen molar-refractivity contribution < 1.29 is 14.7 Å². The quantitative estimate of drug-likeness (QED) is 0.862. The molecule has 2 aromatic heterocycles. The van der Waals surface area contributed by atoms with Crippen LogP contribution < -0.4 is 5.32 Å². The van der Waals surface area contributed by atoms with Gasteiger partial charge >= 0.3 is 5.97 Å². The molecular formula is C10H8N4O3S. The Morgan fingerprint density at radius 2 is 2.00 bits per heavy atom. The van der Waals surface area contributed by atoms with Crippen LogP contribution >= 0.6 is 11.3 Å². The Morgan fingerprint density at radius 3 is 2.61 bits per heavy atom. The molecule has 0 unspecified atom stereocenters. The molecule has 0 spiro atoms. The molecule has 0 bridgehead atoms. The fourth-order valence-corrected chi connectivity index (χ4v) is 1.97. The summed E-state index contributed by atoms with van der Waals surface area (Å²) in [6, 6.07) is 0. The predicted octanol–water partition coefficient (Wildman–Crippen LogP) is 1.19. The van der Waals surface area contributed by atoms with Gasteiger partial charge in [0.25, 0.3) is 5.91 Å². The second-order valence-electron chi connectivity index (χ2n) is 3.28. The number of anilines is 1. The van der Waals surface area contributed by atoms with Gasteiger partial charge in [-0.05, 0) is 6.92 Å². The smallest absolute Gasteiger partial charge is 0.358 e. The number of aromatic carboxylic acids is 1. The van der Waals surface area contributed by atoms with Crippen LogP contribution in [0.25, 0.3) is 0 Å². The average Bonchev–Trinajstić information content (AvgIpc) is 2.76. The van der Waals surface area contributed by atoms with Crippen molar-refractivity contribution >= 4 is 29.0 Å². The lowest BCUT2D eigenvalue weighted by Crippen LogP contribution is -2.16. The zero-order valence-electron chi connectivity index (χ0n) is 9.25. The molecule has 18 heavy (non-hydrogen) atoms. The SMILES string of the molecule is Cc1ncsc1C(=O)Nc1nccnc1C(=O)O. The molecule has 0 atom stereocenters. The number of amides is 1. The van der Waals surface area contributed by atoms with Crippen molar-refractivity contribution in [1.82, 2.24) is 15.0 Å². The van der Waals surface area contributed by atoms with Crippen molar-refractivity contribution in [3.8, 4) is 0 Å². The fraction of sp³-hybridized carbons (Fsp3) is 0.100. The molecule has 0 aromatic carbocycles. The van der Waals surface area contributed by atoms with Gasteiger partial charge in [0.05, 0.1) is 11.2 Å². The molecule has 8 heteroatoms. The Morgan fingerprint density at radius 1 is 1.28 bits per heavy atom. The van der Waals surface area contributed by atoms with Gasteiger partial charge in [-0.2, -0.15) is 0 Å². The standard InChI is InChI=1S/C10H8N4O3S/c1-5-7(18-4-13-5)9(15)14-8-6(10(16)17)11-2-3-12-8/h2-4H,1H3,(H,16,17)(H,12,14,15). The summed E-state index contributed by atoms with van der Waals surface area (Å²) in [5.41, 5.74) is 1.82. The molecule has 0 aliphatic heterocycles. The van der Waals surface area contributed by atoms with Crippen molar-refractivity contribution in [3.63, 3.8) is 0 Å². The second-order valence-corrected chi connectivity index (χ2v) is 4.13. The number of aromatic nitrogens is 3. The summed E-state index contributed by atoms with van der Waals surface area (Å²) < 4.78 is 0. The Hall–Kier alpha value is -2.35. The van der Waals surface area contributed by atoms with Crippen LogP contribution in [0, 0.1) is 6.92 Å². The van der Waals surface area contributed by atoms with Crippen LogP contribution in [0.5, 0.6) is 0 Å². The van der Waals surface area contributed by atoms with E-state index in [0.717, 1.165) is 0 Å². The highest BCUT2D eigenvalue weighted by Crippen LogP contribution is 2.15. The van der Waals surface area contributed by atoms with Crippen molar-refractivity contribution in [3.05, 3.63) is 34.2 Å².